The molecule has 0 saturated carbocycles. The van der Waals surface area contributed by atoms with Crippen LogP contribution in [0.4, 0.5) is 0 Å². The quantitative estimate of drug-likeness (QED) is 0.917. The van der Waals surface area contributed by atoms with Gasteiger partial charge in [-0.25, -0.2) is 4.98 Å². The van der Waals surface area contributed by atoms with Gasteiger partial charge in [-0.15, -0.1) is 0 Å². The number of fused-ring (bicyclic) bond motifs is 1. The first-order chi connectivity index (χ1) is 9.47. The summed E-state index contributed by atoms with van der Waals surface area (Å²) in [6, 6.07) is 4.80. The molecule has 0 aliphatic heterocycles. The van der Waals surface area contributed by atoms with E-state index in [4.69, 9.17) is 16.7 Å². The second-order valence-electron chi connectivity index (χ2n) is 4.42. The molecule has 0 fully saturated rings. The molecule has 7 heteroatoms. The molecule has 2 aromatic heterocycles. The van der Waals surface area contributed by atoms with Gasteiger partial charge in [-0.3, -0.25) is 14.0 Å². The van der Waals surface area contributed by atoms with Crippen molar-refractivity contribution in [3.05, 3.63) is 45.5 Å². The first-order valence-corrected chi connectivity index (χ1v) is 7.49. The van der Waals surface area contributed by atoms with Crippen LogP contribution in [-0.2, 0) is 10.5 Å². The first-order valence-electron chi connectivity index (χ1n) is 5.96. The Labute approximate surface area is 124 Å². The topological polar surface area (TPSA) is 71.7 Å². The Hall–Kier alpha value is -1.53. The van der Waals surface area contributed by atoms with Crippen molar-refractivity contribution in [2.24, 2.45) is 5.92 Å². The van der Waals surface area contributed by atoms with Crippen LogP contribution in [0.5, 0.6) is 0 Å². The second-order valence-corrected chi connectivity index (χ2v) is 5.88. The number of thioether (sulfide) groups is 1. The molecule has 1 N–H and O–H groups in total. The number of nitrogens with zero attached hydrogens (tertiary/aromatic N) is 2. The molecule has 2 aromatic rings. The van der Waals surface area contributed by atoms with Gasteiger partial charge in [0.25, 0.3) is 5.56 Å². The third-order valence-corrected chi connectivity index (χ3v) is 4.18. The summed E-state index contributed by atoms with van der Waals surface area (Å²) >= 11 is 7.28. The lowest BCUT2D eigenvalue weighted by Crippen LogP contribution is -2.15. The zero-order valence-electron chi connectivity index (χ0n) is 10.7. The fraction of sp³-hybridized carbons (Fsp3) is 0.308. The summed E-state index contributed by atoms with van der Waals surface area (Å²) in [5.74, 6) is -0.248. The summed E-state index contributed by atoms with van der Waals surface area (Å²) in [7, 11) is 0. The van der Waals surface area contributed by atoms with Crippen LogP contribution in [0.25, 0.3) is 5.65 Å². The smallest absolute Gasteiger partial charge is 0.307 e. The van der Waals surface area contributed by atoms with Crippen LogP contribution in [0.2, 0.25) is 5.02 Å². The first kappa shape index (κ1) is 14.9. The summed E-state index contributed by atoms with van der Waals surface area (Å²) in [6.45, 7) is 1.65. The molecule has 1 atom stereocenters. The minimum absolute atomic E-state index is 0.195. The molecule has 0 radical (unpaired) electrons. The summed E-state index contributed by atoms with van der Waals surface area (Å²) < 4.78 is 1.39. The lowest BCUT2D eigenvalue weighted by Gasteiger charge is -2.06. The molecule has 1 unspecified atom stereocenters. The minimum atomic E-state index is -0.821. The highest BCUT2D eigenvalue weighted by Crippen LogP contribution is 2.15. The number of halogens is 1. The molecule has 0 aliphatic rings. The fourth-order valence-electron chi connectivity index (χ4n) is 1.61. The zero-order valence-corrected chi connectivity index (χ0v) is 12.3. The van der Waals surface area contributed by atoms with Crippen molar-refractivity contribution in [1.29, 1.82) is 0 Å². The van der Waals surface area contributed by atoms with Crippen LogP contribution in [0, 0.1) is 5.92 Å². The Morgan fingerprint density at radius 1 is 1.55 bits per heavy atom. The van der Waals surface area contributed by atoms with E-state index in [0.29, 0.717) is 27.9 Å². The molecular formula is C13H13ClN2O3S. The highest BCUT2D eigenvalue weighted by atomic mass is 35.5. The molecule has 20 heavy (non-hydrogen) atoms. The minimum Gasteiger partial charge on any atom is -0.481 e. The average molecular weight is 313 g/mol. The summed E-state index contributed by atoms with van der Waals surface area (Å²) in [6.07, 6.45) is 1.52. The van der Waals surface area contributed by atoms with E-state index in [1.54, 1.807) is 19.1 Å². The Morgan fingerprint density at radius 2 is 2.30 bits per heavy atom. The maximum Gasteiger partial charge on any atom is 0.307 e. The van der Waals surface area contributed by atoms with Crippen molar-refractivity contribution in [3.8, 4) is 0 Å². The maximum atomic E-state index is 11.9. The predicted molar refractivity (Wildman–Crippen MR) is 79.4 cm³/mol. The van der Waals surface area contributed by atoms with Gasteiger partial charge in [0, 0.05) is 23.8 Å². The van der Waals surface area contributed by atoms with Gasteiger partial charge in [-0.1, -0.05) is 18.5 Å². The number of aromatic nitrogens is 2. The molecule has 0 bridgehead atoms. The number of carboxylic acid groups (broad SMARTS) is 1. The number of hydrogen-bond donors (Lipinski definition) is 1. The Kier molecular flexibility index (Phi) is 4.67. The highest BCUT2D eigenvalue weighted by Gasteiger charge is 2.11. The summed E-state index contributed by atoms with van der Waals surface area (Å²) in [4.78, 5) is 27.0. The molecule has 0 spiro atoms. The van der Waals surface area contributed by atoms with Crippen molar-refractivity contribution < 1.29 is 9.90 Å². The van der Waals surface area contributed by atoms with E-state index in [-0.39, 0.29) is 5.56 Å². The molecule has 106 valence electrons. The number of aliphatic carboxylic acids is 1. The molecule has 0 saturated heterocycles. The van der Waals surface area contributed by atoms with Crippen LogP contribution in [-0.4, -0.2) is 26.2 Å². The zero-order chi connectivity index (χ0) is 14.7. The van der Waals surface area contributed by atoms with E-state index < -0.39 is 11.9 Å². The van der Waals surface area contributed by atoms with Gasteiger partial charge >= 0.3 is 5.97 Å². The molecule has 0 amide bonds. The standard InChI is InChI=1S/C13H13ClN2O3S/c1-8(13(18)19)6-20-7-10-4-12(17)16-5-9(14)2-3-11(16)15-10/h2-5,8H,6-7H2,1H3,(H,18,19). The van der Waals surface area contributed by atoms with Crippen LogP contribution in [0.1, 0.15) is 12.6 Å². The van der Waals surface area contributed by atoms with Crippen LogP contribution in [0.3, 0.4) is 0 Å². The molecule has 2 heterocycles. The Balaban J connectivity index is 2.14. The number of pyridine rings is 1. The Morgan fingerprint density at radius 3 is 3.00 bits per heavy atom. The van der Waals surface area contributed by atoms with Crippen molar-refractivity contribution in [2.45, 2.75) is 12.7 Å². The average Bonchev–Trinajstić information content (AvgIpc) is 2.39. The Bertz CT molecular complexity index is 702. The largest absolute Gasteiger partial charge is 0.481 e. The van der Waals surface area contributed by atoms with Gasteiger partial charge in [0.15, 0.2) is 0 Å². The molecule has 2 rings (SSSR count). The number of carbonyl (C=O) groups is 1. The van der Waals surface area contributed by atoms with Crippen molar-refractivity contribution in [1.82, 2.24) is 9.38 Å². The molecule has 0 aliphatic carbocycles. The number of rotatable bonds is 5. The lowest BCUT2D eigenvalue weighted by molar-refractivity contribution is -0.140. The normalized spacial score (nSPS) is 12.5. The number of carboxylic acids is 1. The van der Waals surface area contributed by atoms with Crippen molar-refractivity contribution >= 4 is 35.0 Å². The third-order valence-electron chi connectivity index (χ3n) is 2.72. The van der Waals surface area contributed by atoms with Crippen LogP contribution < -0.4 is 5.56 Å². The molecule has 0 aromatic carbocycles. The van der Waals surface area contributed by atoms with Gasteiger partial charge in [-0.05, 0) is 12.1 Å². The van der Waals surface area contributed by atoms with E-state index in [9.17, 15) is 9.59 Å². The SMILES string of the molecule is CC(CSCc1cc(=O)n2cc(Cl)ccc2n1)C(=O)O. The van der Waals surface area contributed by atoms with Crippen LogP contribution in [0.15, 0.2) is 29.2 Å². The van der Waals surface area contributed by atoms with Gasteiger partial charge in [0.2, 0.25) is 0 Å². The number of hydrogen-bond acceptors (Lipinski definition) is 4. The van der Waals surface area contributed by atoms with E-state index in [1.165, 1.54) is 28.4 Å². The predicted octanol–water partition coefficient (Wildman–Crippen LogP) is 2.30. The van der Waals surface area contributed by atoms with Gasteiger partial charge in [0.05, 0.1) is 16.6 Å². The molecular weight excluding hydrogens is 300 g/mol. The fourth-order valence-corrected chi connectivity index (χ4v) is 2.74. The van der Waals surface area contributed by atoms with Crippen molar-refractivity contribution in [3.63, 3.8) is 0 Å². The molecule has 5 nitrogen and oxygen atoms in total. The third kappa shape index (κ3) is 3.52. The van der Waals surface area contributed by atoms with E-state index in [1.807, 2.05) is 0 Å². The highest BCUT2D eigenvalue weighted by molar-refractivity contribution is 7.98. The monoisotopic (exact) mass is 312 g/mol. The van der Waals surface area contributed by atoms with Gasteiger partial charge in [0.1, 0.15) is 5.65 Å². The van der Waals surface area contributed by atoms with Gasteiger partial charge in [-0.2, -0.15) is 11.8 Å². The summed E-state index contributed by atoms with van der Waals surface area (Å²) in [5, 5.41) is 9.27. The van der Waals surface area contributed by atoms with Crippen molar-refractivity contribution in [2.75, 3.05) is 5.75 Å². The van der Waals surface area contributed by atoms with Gasteiger partial charge < -0.3 is 5.11 Å². The van der Waals surface area contributed by atoms with E-state index in [2.05, 4.69) is 4.98 Å². The lowest BCUT2D eigenvalue weighted by atomic mass is 10.2. The summed E-state index contributed by atoms with van der Waals surface area (Å²) in [5.41, 5.74) is 0.975. The van der Waals surface area contributed by atoms with E-state index in [0.717, 1.165) is 0 Å². The second kappa shape index (κ2) is 6.28. The van der Waals surface area contributed by atoms with E-state index >= 15 is 0 Å². The van der Waals surface area contributed by atoms with Crippen LogP contribution >= 0.6 is 23.4 Å². The maximum absolute atomic E-state index is 11.9.